The lowest BCUT2D eigenvalue weighted by molar-refractivity contribution is -0.125. The van der Waals surface area contributed by atoms with Crippen molar-refractivity contribution in [1.29, 1.82) is 0 Å². The first-order chi connectivity index (χ1) is 6.81. The molecule has 0 aromatic rings. The van der Waals surface area contributed by atoms with E-state index in [9.17, 15) is 4.79 Å². The summed E-state index contributed by atoms with van der Waals surface area (Å²) in [6.07, 6.45) is 0.587. The van der Waals surface area contributed by atoms with Crippen LogP contribution in [-0.2, 0) is 9.53 Å². The van der Waals surface area contributed by atoms with Crippen LogP contribution in [0, 0.1) is 0 Å². The van der Waals surface area contributed by atoms with Crippen molar-refractivity contribution in [3.05, 3.63) is 5.53 Å². The largest absolute Gasteiger partial charge is 0.371 e. The number of rotatable bonds is 5. The van der Waals surface area contributed by atoms with Crippen molar-refractivity contribution in [3.63, 3.8) is 0 Å². The highest BCUT2D eigenvalue weighted by molar-refractivity contribution is 6.27. The van der Waals surface area contributed by atoms with E-state index in [1.54, 1.807) is 14.0 Å². The van der Waals surface area contributed by atoms with Gasteiger partial charge in [0.2, 0.25) is 0 Å². The van der Waals surface area contributed by atoms with E-state index in [4.69, 9.17) is 10.3 Å². The molecule has 0 bridgehead atoms. The highest BCUT2D eigenvalue weighted by atomic mass is 16.5. The number of hydrogen-bond acceptors (Lipinski definition) is 3. The van der Waals surface area contributed by atoms with Crippen LogP contribution >= 0.6 is 0 Å². The Balaban J connectivity index is 4.54. The molecule has 0 saturated heterocycles. The number of carbonyl (C=O) groups is 1. The van der Waals surface area contributed by atoms with E-state index in [1.807, 2.05) is 20.8 Å². The number of carbonyl (C=O) groups excluding carboxylic acids is 1. The number of nitrogens with one attached hydrogen (secondary N) is 1. The molecule has 0 aliphatic rings. The van der Waals surface area contributed by atoms with Gasteiger partial charge in [0.1, 0.15) is 6.04 Å². The summed E-state index contributed by atoms with van der Waals surface area (Å²) in [5, 5.41) is 2.83. The number of ketones is 1. The second kappa shape index (κ2) is 5.75. The van der Waals surface area contributed by atoms with Crippen LogP contribution in [0.5, 0.6) is 0 Å². The van der Waals surface area contributed by atoms with Crippen molar-refractivity contribution in [1.82, 2.24) is 5.32 Å². The Labute approximate surface area is 90.4 Å². The lowest BCUT2D eigenvalue weighted by Crippen LogP contribution is -2.47. The van der Waals surface area contributed by atoms with Gasteiger partial charge in [-0.1, -0.05) is 0 Å². The molecule has 86 valence electrons. The molecule has 0 amide bonds. The predicted molar refractivity (Wildman–Crippen MR) is 57.8 cm³/mol. The molecule has 0 radical (unpaired) electrons. The Morgan fingerprint density at radius 3 is 2.40 bits per heavy atom. The lowest BCUT2D eigenvalue weighted by Gasteiger charge is -2.28. The van der Waals surface area contributed by atoms with Crippen molar-refractivity contribution in [2.24, 2.45) is 0 Å². The average Bonchev–Trinajstić information content (AvgIpc) is 2.02. The molecule has 0 saturated carbocycles. The van der Waals surface area contributed by atoms with Gasteiger partial charge in [0, 0.05) is 0 Å². The highest BCUT2D eigenvalue weighted by Gasteiger charge is 2.28. The zero-order valence-corrected chi connectivity index (χ0v) is 9.94. The van der Waals surface area contributed by atoms with Gasteiger partial charge in [-0.25, -0.2) is 0 Å². The number of hydrogen-bond donors (Lipinski definition) is 1. The minimum atomic E-state index is -0.500. The van der Waals surface area contributed by atoms with Gasteiger partial charge in [0.15, 0.2) is 0 Å². The van der Waals surface area contributed by atoms with Crippen molar-refractivity contribution in [2.75, 3.05) is 7.05 Å². The molecule has 0 aromatic carbocycles. The third-order valence-electron chi connectivity index (χ3n) is 1.81. The van der Waals surface area contributed by atoms with Crippen LogP contribution in [-0.4, -0.2) is 41.6 Å². The Morgan fingerprint density at radius 2 is 2.07 bits per heavy atom. The predicted octanol–water partition coefficient (Wildman–Crippen LogP) is 0.648. The van der Waals surface area contributed by atoms with Crippen LogP contribution in [0.1, 0.15) is 27.7 Å². The van der Waals surface area contributed by atoms with E-state index in [1.165, 1.54) is 0 Å². The van der Waals surface area contributed by atoms with E-state index < -0.39 is 6.04 Å². The molecule has 0 spiro atoms. The molecule has 0 aliphatic heterocycles. The molecule has 15 heavy (non-hydrogen) atoms. The van der Waals surface area contributed by atoms with E-state index in [2.05, 4.69) is 10.1 Å². The number of ether oxygens (including phenoxy) is 1. The minimum Gasteiger partial charge on any atom is -0.371 e. The molecule has 0 fully saturated rings. The zero-order chi connectivity index (χ0) is 12.1. The fraction of sp³-hybridized carbons (Fsp3) is 0.800. The van der Waals surface area contributed by atoms with Crippen LogP contribution < -0.4 is 5.32 Å². The van der Waals surface area contributed by atoms with E-state index in [-0.39, 0.29) is 17.5 Å². The third kappa shape index (κ3) is 5.42. The minimum absolute atomic E-state index is 0.291. The molecule has 0 heterocycles. The number of likely N-dealkylation sites (N-methyl/N-ethyl adjacent to an activating group) is 1. The quantitative estimate of drug-likeness (QED) is 0.414. The topological polar surface area (TPSA) is 74.7 Å². The van der Waals surface area contributed by atoms with E-state index in [0.717, 1.165) is 6.21 Å². The maximum absolute atomic E-state index is 11.4. The lowest BCUT2D eigenvalue weighted by atomic mass is 10.1. The molecule has 0 aromatic heterocycles. The van der Waals surface area contributed by atoms with Crippen molar-refractivity contribution >= 4 is 12.0 Å². The molecule has 2 atom stereocenters. The summed E-state index contributed by atoms with van der Waals surface area (Å²) in [6, 6.07) is -0.500. The summed E-state index contributed by atoms with van der Waals surface area (Å²) in [6.45, 7) is 7.55. The Hall–Kier alpha value is -1.03. The number of nitrogens with zero attached hydrogens (tertiary/aromatic N) is 2. The zero-order valence-electron chi connectivity index (χ0n) is 9.94. The maximum atomic E-state index is 11.4. The summed E-state index contributed by atoms with van der Waals surface area (Å²) in [5.74, 6) is -0.309. The van der Waals surface area contributed by atoms with E-state index in [0.29, 0.717) is 0 Å². The monoisotopic (exact) mass is 213 g/mol. The Bertz CT molecular complexity index is 264. The molecule has 0 rings (SSSR count). The van der Waals surface area contributed by atoms with Gasteiger partial charge < -0.3 is 15.6 Å². The smallest absolute Gasteiger partial charge is 0.324 e. The first-order valence-electron chi connectivity index (χ1n) is 4.88. The molecule has 1 N–H and O–H groups in total. The average molecular weight is 213 g/mol. The summed E-state index contributed by atoms with van der Waals surface area (Å²) in [5.41, 5.74) is 7.96. The van der Waals surface area contributed by atoms with Gasteiger partial charge in [0.25, 0.3) is 5.78 Å². The van der Waals surface area contributed by atoms with Gasteiger partial charge in [-0.15, -0.1) is 0 Å². The van der Waals surface area contributed by atoms with Crippen LogP contribution in [0.15, 0.2) is 0 Å². The molecule has 5 nitrogen and oxygen atoms in total. The van der Waals surface area contributed by atoms with Crippen LogP contribution in [0.25, 0.3) is 5.53 Å². The highest BCUT2D eigenvalue weighted by Crippen LogP contribution is 2.12. The molecular weight excluding hydrogens is 194 g/mol. The van der Waals surface area contributed by atoms with Crippen LogP contribution in [0.2, 0.25) is 0 Å². The first-order valence-corrected chi connectivity index (χ1v) is 4.88. The third-order valence-corrected chi connectivity index (χ3v) is 1.81. The van der Waals surface area contributed by atoms with Gasteiger partial charge in [0.05, 0.1) is 11.7 Å². The number of Topliss-reactive ketones (excluding diaryl/α,β-unsaturated/α-hetero) is 1. The van der Waals surface area contributed by atoms with Gasteiger partial charge in [-0.05, 0) is 34.7 Å². The fourth-order valence-electron chi connectivity index (χ4n) is 1.37. The van der Waals surface area contributed by atoms with Crippen molar-refractivity contribution in [2.45, 2.75) is 45.4 Å². The normalized spacial score (nSPS) is 15.3. The van der Waals surface area contributed by atoms with Gasteiger partial charge in [-0.3, -0.25) is 4.79 Å². The van der Waals surface area contributed by atoms with Crippen molar-refractivity contribution < 1.29 is 14.3 Å². The Morgan fingerprint density at radius 1 is 1.53 bits per heavy atom. The fourth-order valence-corrected chi connectivity index (χ4v) is 1.37. The molecule has 0 unspecified atom stereocenters. The summed E-state index contributed by atoms with van der Waals surface area (Å²) in [4.78, 5) is 14.2. The molecular formula is C10H19N3O2. The molecule has 5 heteroatoms. The van der Waals surface area contributed by atoms with Gasteiger partial charge >= 0.3 is 6.21 Å². The van der Waals surface area contributed by atoms with Crippen LogP contribution in [0.3, 0.4) is 0 Å². The summed E-state index contributed by atoms with van der Waals surface area (Å²) < 4.78 is 5.63. The maximum Gasteiger partial charge on any atom is 0.324 e. The second-order valence-electron chi connectivity index (χ2n) is 4.35. The van der Waals surface area contributed by atoms with Crippen LogP contribution in [0.4, 0.5) is 0 Å². The summed E-state index contributed by atoms with van der Waals surface area (Å²) >= 11 is 0. The first kappa shape index (κ1) is 14.0. The standard InChI is InChI=1S/C10H19N3O2/c1-7(15-10(2,3)4)9(12-5)8(14)6-13-11/h6-7,9,12H,1-5H3/t7-,9+/m1/s1. The second-order valence-corrected chi connectivity index (χ2v) is 4.35. The van der Waals surface area contributed by atoms with E-state index >= 15 is 0 Å². The molecule has 0 aliphatic carbocycles. The van der Waals surface area contributed by atoms with Crippen molar-refractivity contribution in [3.8, 4) is 0 Å². The SMILES string of the molecule is CN[C@H](C(=O)C=[N+]=[N-])[C@@H](C)OC(C)(C)C. The summed E-state index contributed by atoms with van der Waals surface area (Å²) in [7, 11) is 1.66. The Kier molecular flexibility index (Phi) is 5.36. The van der Waals surface area contributed by atoms with Gasteiger partial charge in [-0.2, -0.15) is 4.79 Å².